The minimum atomic E-state index is -0.560. The first kappa shape index (κ1) is 34.5. The normalized spacial score (nSPS) is 10.6. The summed E-state index contributed by atoms with van der Waals surface area (Å²) < 4.78 is 31.6. The van der Waals surface area contributed by atoms with Gasteiger partial charge in [0.1, 0.15) is 11.6 Å². The van der Waals surface area contributed by atoms with Gasteiger partial charge in [-0.2, -0.15) is 0 Å². The zero-order chi connectivity index (χ0) is 27.8. The summed E-state index contributed by atoms with van der Waals surface area (Å²) in [5.74, 6) is -0.333. The van der Waals surface area contributed by atoms with E-state index in [9.17, 15) is 0 Å². The average Bonchev–Trinajstić information content (AvgIpc) is 2.96. The Labute approximate surface area is 261 Å². The summed E-state index contributed by atoms with van der Waals surface area (Å²) >= 11 is 1.75. The molecule has 7 heteroatoms. The highest BCUT2D eigenvalue weighted by atomic mass is 35.5. The molecule has 0 N–H and O–H groups in total. The van der Waals surface area contributed by atoms with Crippen LogP contribution >= 0.6 is 36.6 Å². The molecule has 0 fully saturated rings. The van der Waals surface area contributed by atoms with Gasteiger partial charge >= 0.3 is 0 Å². The first-order chi connectivity index (χ1) is 19.0. The Morgan fingerprint density at radius 3 is 1.49 bits per heavy atom. The van der Waals surface area contributed by atoms with Crippen LogP contribution in [0.2, 0.25) is 0 Å². The van der Waals surface area contributed by atoms with Gasteiger partial charge in [-0.15, -0.1) is 36.6 Å². The molecule has 0 aliphatic rings. The molecule has 0 unspecified atom stereocenters. The molecule has 0 saturated carbocycles. The second-order valence-electron chi connectivity index (χ2n) is 9.53. The highest BCUT2D eigenvalue weighted by Crippen LogP contribution is 2.38. The summed E-state index contributed by atoms with van der Waals surface area (Å²) in [6.07, 6.45) is 0. The second kappa shape index (κ2) is 16.6. The third-order valence-electron chi connectivity index (χ3n) is 7.31. The van der Waals surface area contributed by atoms with Crippen molar-refractivity contribution in [3.63, 3.8) is 0 Å². The van der Waals surface area contributed by atoms with E-state index in [1.807, 2.05) is 54.6 Å². The topological polar surface area (TPSA) is 6.48 Å². The number of thioether (sulfide) groups is 1. The van der Waals surface area contributed by atoms with E-state index in [1.54, 1.807) is 23.9 Å². The summed E-state index contributed by atoms with van der Waals surface area (Å²) in [4.78, 5) is 5.34. The van der Waals surface area contributed by atoms with Gasteiger partial charge in [0.2, 0.25) is 0 Å². The molecular weight excluding hydrogens is 577 g/mol. The van der Waals surface area contributed by atoms with Crippen LogP contribution in [0.1, 0.15) is 55.9 Å². The maximum atomic E-state index is 15.8. The number of halogens is 4. The quantitative estimate of drug-likeness (QED) is 0.115. The second-order valence-corrected chi connectivity index (χ2v) is 10.6. The van der Waals surface area contributed by atoms with E-state index in [2.05, 4.69) is 61.8 Å². The Balaban J connectivity index is 0.00000294. The van der Waals surface area contributed by atoms with Crippen molar-refractivity contribution in [1.29, 1.82) is 0 Å². The monoisotopic (exact) mass is 616 g/mol. The smallest absolute Gasteiger partial charge is 0.129 e. The standard InChI is InChI=1S/C34H38F2N2S.2ClH/c1-5-37(6-2)27-16-20-30(32(35)22-27)34(31-21-17-28(23-33(31)36)38(7-3)8-4)26-14-18-29(19-15-26)39-24-25-12-10-9-11-13-25;;/h9-23,34H,5-8,24H2,1-4H3;2*1H. The molecule has 0 aliphatic heterocycles. The molecule has 2 nitrogen and oxygen atoms in total. The molecular formula is C34H40Cl2F2N2S. The summed E-state index contributed by atoms with van der Waals surface area (Å²) in [7, 11) is 0. The fraction of sp³-hybridized carbons (Fsp3) is 0.294. The van der Waals surface area contributed by atoms with Crippen LogP contribution in [-0.4, -0.2) is 26.2 Å². The number of nitrogens with zero attached hydrogens (tertiary/aromatic N) is 2. The zero-order valence-corrected chi connectivity index (χ0v) is 26.6. The molecule has 0 radical (unpaired) electrons. The van der Waals surface area contributed by atoms with Crippen LogP contribution in [0, 0.1) is 11.6 Å². The van der Waals surface area contributed by atoms with Crippen LogP contribution in [0.3, 0.4) is 0 Å². The van der Waals surface area contributed by atoms with Gasteiger partial charge in [-0.1, -0.05) is 54.6 Å². The first-order valence-electron chi connectivity index (χ1n) is 13.8. The largest absolute Gasteiger partial charge is 0.372 e. The van der Waals surface area contributed by atoms with E-state index in [1.165, 1.54) is 5.56 Å². The predicted octanol–water partition coefficient (Wildman–Crippen LogP) is 9.97. The van der Waals surface area contributed by atoms with E-state index in [-0.39, 0.29) is 36.4 Å². The van der Waals surface area contributed by atoms with Crippen molar-refractivity contribution in [1.82, 2.24) is 0 Å². The van der Waals surface area contributed by atoms with Crippen LogP contribution in [0.25, 0.3) is 0 Å². The maximum Gasteiger partial charge on any atom is 0.129 e. The molecule has 0 amide bonds. The molecule has 220 valence electrons. The van der Waals surface area contributed by atoms with E-state index in [0.717, 1.165) is 53.8 Å². The summed E-state index contributed by atoms with van der Waals surface area (Å²) in [6, 6.07) is 29.2. The van der Waals surface area contributed by atoms with Crippen molar-refractivity contribution in [2.24, 2.45) is 0 Å². The van der Waals surface area contributed by atoms with E-state index < -0.39 is 5.92 Å². The molecule has 0 aromatic heterocycles. The lowest BCUT2D eigenvalue weighted by molar-refractivity contribution is 0.586. The fourth-order valence-electron chi connectivity index (χ4n) is 5.10. The van der Waals surface area contributed by atoms with Crippen molar-refractivity contribution in [2.45, 2.75) is 44.3 Å². The zero-order valence-electron chi connectivity index (χ0n) is 24.1. The average molecular weight is 618 g/mol. The van der Waals surface area contributed by atoms with Crippen molar-refractivity contribution in [2.75, 3.05) is 36.0 Å². The number of benzene rings is 4. The van der Waals surface area contributed by atoms with Gasteiger partial charge in [-0.05, 0) is 86.3 Å². The van der Waals surface area contributed by atoms with E-state index in [4.69, 9.17) is 0 Å². The van der Waals surface area contributed by atoms with Gasteiger partial charge in [0.25, 0.3) is 0 Å². The molecule has 0 aliphatic carbocycles. The molecule has 4 aromatic rings. The Morgan fingerprint density at radius 2 is 1.07 bits per heavy atom. The van der Waals surface area contributed by atoms with Gasteiger partial charge in [-0.25, -0.2) is 8.78 Å². The number of rotatable bonds is 12. The van der Waals surface area contributed by atoms with Crippen LogP contribution in [0.5, 0.6) is 0 Å². The molecule has 0 heterocycles. The van der Waals surface area contributed by atoms with Gasteiger partial charge < -0.3 is 9.80 Å². The van der Waals surface area contributed by atoms with Crippen LogP contribution in [-0.2, 0) is 5.75 Å². The molecule has 0 spiro atoms. The Bertz CT molecular complexity index is 1280. The highest BCUT2D eigenvalue weighted by molar-refractivity contribution is 7.98. The molecule has 0 bridgehead atoms. The Hall–Kier alpha value is -2.73. The molecule has 41 heavy (non-hydrogen) atoms. The highest BCUT2D eigenvalue weighted by Gasteiger charge is 2.24. The molecule has 4 aromatic carbocycles. The van der Waals surface area contributed by atoms with Crippen molar-refractivity contribution >= 4 is 48.0 Å². The molecule has 0 saturated heterocycles. The summed E-state index contributed by atoms with van der Waals surface area (Å²) in [5.41, 5.74) is 4.75. The lowest BCUT2D eigenvalue weighted by Gasteiger charge is -2.26. The number of hydrogen-bond acceptors (Lipinski definition) is 3. The molecule has 0 atom stereocenters. The van der Waals surface area contributed by atoms with Crippen LogP contribution < -0.4 is 9.80 Å². The Morgan fingerprint density at radius 1 is 0.610 bits per heavy atom. The third-order valence-corrected chi connectivity index (χ3v) is 8.39. The van der Waals surface area contributed by atoms with Gasteiger partial charge in [0, 0.05) is 54.1 Å². The predicted molar refractivity (Wildman–Crippen MR) is 178 cm³/mol. The lowest BCUT2D eigenvalue weighted by Crippen LogP contribution is -2.22. The minimum absolute atomic E-state index is 0. The lowest BCUT2D eigenvalue weighted by atomic mass is 9.84. The number of hydrogen-bond donors (Lipinski definition) is 0. The van der Waals surface area contributed by atoms with Crippen molar-refractivity contribution in [3.8, 4) is 0 Å². The van der Waals surface area contributed by atoms with Crippen LogP contribution in [0.15, 0.2) is 95.9 Å². The van der Waals surface area contributed by atoms with Gasteiger partial charge in [0.05, 0.1) is 0 Å². The van der Waals surface area contributed by atoms with Gasteiger partial charge in [-0.3, -0.25) is 0 Å². The molecule has 4 rings (SSSR count). The minimum Gasteiger partial charge on any atom is -0.372 e. The van der Waals surface area contributed by atoms with Crippen molar-refractivity contribution < 1.29 is 8.78 Å². The first-order valence-corrected chi connectivity index (χ1v) is 14.8. The van der Waals surface area contributed by atoms with Gasteiger partial charge in [0.15, 0.2) is 0 Å². The fourth-order valence-corrected chi connectivity index (χ4v) is 5.95. The van der Waals surface area contributed by atoms with E-state index in [0.29, 0.717) is 11.1 Å². The van der Waals surface area contributed by atoms with Crippen LogP contribution in [0.4, 0.5) is 20.2 Å². The van der Waals surface area contributed by atoms with Crippen molar-refractivity contribution in [3.05, 3.63) is 125 Å². The summed E-state index contributed by atoms with van der Waals surface area (Å²) in [5, 5.41) is 0. The SMILES string of the molecule is CCN(CC)c1ccc(C(c2ccc(SCc3ccccc3)cc2)c2ccc(N(CC)CC)cc2F)c(F)c1.Cl.Cl. The van der Waals surface area contributed by atoms with E-state index >= 15 is 8.78 Å². The Kier molecular flexibility index (Phi) is 14.0. The summed E-state index contributed by atoms with van der Waals surface area (Å²) in [6.45, 7) is 11.4. The number of anilines is 2. The maximum absolute atomic E-state index is 15.8. The third kappa shape index (κ3) is 8.41.